The lowest BCUT2D eigenvalue weighted by Crippen LogP contribution is -2.40. The van der Waals surface area contributed by atoms with Gasteiger partial charge in [-0.15, -0.1) is 0 Å². The molecule has 0 bridgehead atoms. The number of H-pyrrole nitrogens is 1. The fraction of sp³-hybridized carbons (Fsp3) is 0.636. The van der Waals surface area contributed by atoms with Crippen molar-refractivity contribution in [3.05, 3.63) is 18.0 Å². The van der Waals surface area contributed by atoms with E-state index >= 15 is 0 Å². The first-order valence-electron chi connectivity index (χ1n) is 5.74. The van der Waals surface area contributed by atoms with Crippen LogP contribution in [0.15, 0.2) is 12.4 Å². The van der Waals surface area contributed by atoms with Gasteiger partial charge in [0.2, 0.25) is 0 Å². The molecule has 0 spiro atoms. The van der Waals surface area contributed by atoms with Crippen LogP contribution < -0.4 is 5.32 Å². The summed E-state index contributed by atoms with van der Waals surface area (Å²) in [6, 6.07) is 0. The molecule has 0 aromatic carbocycles. The van der Waals surface area contributed by atoms with E-state index < -0.39 is 0 Å². The molecule has 2 N–H and O–H groups in total. The lowest BCUT2D eigenvalue weighted by Gasteiger charge is -2.31. The van der Waals surface area contributed by atoms with Crippen LogP contribution in [0.1, 0.15) is 23.2 Å². The molecule has 88 valence electrons. The zero-order valence-corrected chi connectivity index (χ0v) is 9.57. The van der Waals surface area contributed by atoms with Gasteiger partial charge < -0.3 is 10.2 Å². The number of aromatic nitrogens is 2. The van der Waals surface area contributed by atoms with Gasteiger partial charge in [0.05, 0.1) is 11.8 Å². The average molecular weight is 222 g/mol. The lowest BCUT2D eigenvalue weighted by atomic mass is 9.96. The van der Waals surface area contributed by atoms with E-state index in [4.69, 9.17) is 0 Å². The van der Waals surface area contributed by atoms with Gasteiger partial charge in [0.1, 0.15) is 0 Å². The van der Waals surface area contributed by atoms with Gasteiger partial charge >= 0.3 is 0 Å². The molecule has 0 saturated carbocycles. The summed E-state index contributed by atoms with van der Waals surface area (Å²) in [7, 11) is 1.98. The Morgan fingerprint density at radius 3 is 2.94 bits per heavy atom. The van der Waals surface area contributed by atoms with E-state index in [-0.39, 0.29) is 5.91 Å². The molecular weight excluding hydrogens is 204 g/mol. The van der Waals surface area contributed by atoms with E-state index in [2.05, 4.69) is 15.5 Å². The zero-order chi connectivity index (χ0) is 11.4. The van der Waals surface area contributed by atoms with Crippen molar-refractivity contribution in [1.82, 2.24) is 20.4 Å². The highest BCUT2D eigenvalue weighted by atomic mass is 16.2. The quantitative estimate of drug-likeness (QED) is 0.782. The standard InChI is InChI=1S/C11H18N4O/c1-12-6-9-2-4-15(5-3-9)11(16)10-7-13-14-8-10/h7-9,12H,2-6H2,1H3,(H,13,14). The van der Waals surface area contributed by atoms with Gasteiger partial charge in [-0.1, -0.05) is 0 Å². The Kier molecular flexibility index (Phi) is 3.56. The minimum atomic E-state index is 0.0941. The summed E-state index contributed by atoms with van der Waals surface area (Å²) in [5.74, 6) is 0.801. The number of nitrogens with zero attached hydrogens (tertiary/aromatic N) is 2. The van der Waals surface area contributed by atoms with Crippen LogP contribution in [0.4, 0.5) is 0 Å². The van der Waals surface area contributed by atoms with E-state index in [0.717, 1.165) is 32.5 Å². The predicted octanol–water partition coefficient (Wildman–Crippen LogP) is 0.481. The average Bonchev–Trinajstić information content (AvgIpc) is 2.83. The molecule has 1 aliphatic heterocycles. The van der Waals surface area contributed by atoms with Crippen molar-refractivity contribution in [3.63, 3.8) is 0 Å². The van der Waals surface area contributed by atoms with Crippen LogP contribution in [-0.4, -0.2) is 47.7 Å². The number of hydrogen-bond donors (Lipinski definition) is 2. The van der Waals surface area contributed by atoms with Gasteiger partial charge in [0.15, 0.2) is 0 Å². The second-order valence-corrected chi connectivity index (χ2v) is 4.28. The first-order valence-corrected chi connectivity index (χ1v) is 5.74. The number of rotatable bonds is 3. The Hall–Kier alpha value is -1.36. The van der Waals surface area contributed by atoms with Gasteiger partial charge in [0, 0.05) is 19.3 Å². The molecule has 5 nitrogen and oxygen atoms in total. The number of aromatic amines is 1. The van der Waals surface area contributed by atoms with Crippen molar-refractivity contribution in [2.45, 2.75) is 12.8 Å². The van der Waals surface area contributed by atoms with E-state index in [0.29, 0.717) is 11.5 Å². The van der Waals surface area contributed by atoms with Crippen molar-refractivity contribution in [3.8, 4) is 0 Å². The van der Waals surface area contributed by atoms with Gasteiger partial charge in [-0.3, -0.25) is 9.89 Å². The first-order chi connectivity index (χ1) is 7.81. The molecule has 0 aliphatic carbocycles. The highest BCUT2D eigenvalue weighted by Crippen LogP contribution is 2.17. The molecular formula is C11H18N4O. The highest BCUT2D eigenvalue weighted by molar-refractivity contribution is 5.93. The second kappa shape index (κ2) is 5.12. The molecule has 2 heterocycles. The SMILES string of the molecule is CNCC1CCN(C(=O)c2cn[nH]c2)CC1. The summed E-state index contributed by atoms with van der Waals surface area (Å²) in [6.45, 7) is 2.76. The smallest absolute Gasteiger partial charge is 0.257 e. The maximum absolute atomic E-state index is 12.0. The first kappa shape index (κ1) is 11.1. The van der Waals surface area contributed by atoms with Crippen molar-refractivity contribution >= 4 is 5.91 Å². The second-order valence-electron chi connectivity index (χ2n) is 4.28. The van der Waals surface area contributed by atoms with Gasteiger partial charge in [-0.05, 0) is 32.4 Å². The number of hydrogen-bond acceptors (Lipinski definition) is 3. The molecule has 0 radical (unpaired) electrons. The summed E-state index contributed by atoms with van der Waals surface area (Å²) in [6.07, 6.45) is 5.42. The molecule has 1 aromatic heterocycles. The summed E-state index contributed by atoms with van der Waals surface area (Å²) in [5.41, 5.74) is 0.659. The van der Waals surface area contributed by atoms with Crippen molar-refractivity contribution < 1.29 is 4.79 Å². The van der Waals surface area contributed by atoms with Crippen LogP contribution in [0.2, 0.25) is 0 Å². The lowest BCUT2D eigenvalue weighted by molar-refractivity contribution is 0.0691. The Bertz CT molecular complexity index is 328. The zero-order valence-electron chi connectivity index (χ0n) is 9.57. The number of piperidine rings is 1. The molecule has 16 heavy (non-hydrogen) atoms. The molecule has 0 unspecified atom stereocenters. The van der Waals surface area contributed by atoms with Crippen LogP contribution in [0.5, 0.6) is 0 Å². The third-order valence-corrected chi connectivity index (χ3v) is 3.14. The Balaban J connectivity index is 1.87. The number of carbonyl (C=O) groups excluding carboxylic acids is 1. The number of carbonyl (C=O) groups is 1. The Morgan fingerprint density at radius 1 is 1.62 bits per heavy atom. The molecule has 1 saturated heterocycles. The van der Waals surface area contributed by atoms with Gasteiger partial charge in [-0.25, -0.2) is 0 Å². The molecule has 5 heteroatoms. The third-order valence-electron chi connectivity index (χ3n) is 3.14. The van der Waals surface area contributed by atoms with E-state index in [1.54, 1.807) is 12.4 Å². The van der Waals surface area contributed by atoms with Crippen molar-refractivity contribution in [1.29, 1.82) is 0 Å². The van der Waals surface area contributed by atoms with Gasteiger partial charge in [-0.2, -0.15) is 5.10 Å². The van der Waals surface area contributed by atoms with Crippen LogP contribution in [0.3, 0.4) is 0 Å². The minimum absolute atomic E-state index is 0.0941. The number of likely N-dealkylation sites (tertiary alicyclic amines) is 1. The highest BCUT2D eigenvalue weighted by Gasteiger charge is 2.23. The van der Waals surface area contributed by atoms with E-state index in [1.807, 2.05) is 11.9 Å². The predicted molar refractivity (Wildman–Crippen MR) is 61.1 cm³/mol. The maximum atomic E-state index is 12.0. The summed E-state index contributed by atoms with van der Waals surface area (Å²) in [4.78, 5) is 13.9. The summed E-state index contributed by atoms with van der Waals surface area (Å²) < 4.78 is 0. The molecule has 0 atom stereocenters. The minimum Gasteiger partial charge on any atom is -0.339 e. The molecule has 1 amide bonds. The van der Waals surface area contributed by atoms with Crippen molar-refractivity contribution in [2.75, 3.05) is 26.7 Å². The molecule has 1 aliphatic rings. The summed E-state index contributed by atoms with van der Waals surface area (Å²) in [5, 5.41) is 9.66. The van der Waals surface area contributed by atoms with Crippen LogP contribution in [0.25, 0.3) is 0 Å². The fourth-order valence-electron chi connectivity index (χ4n) is 2.18. The van der Waals surface area contributed by atoms with Crippen molar-refractivity contribution in [2.24, 2.45) is 5.92 Å². The normalized spacial score (nSPS) is 17.7. The fourth-order valence-corrected chi connectivity index (χ4v) is 2.18. The third kappa shape index (κ3) is 2.41. The van der Waals surface area contributed by atoms with E-state index in [9.17, 15) is 4.79 Å². The molecule has 1 aromatic rings. The molecule has 1 fully saturated rings. The summed E-state index contributed by atoms with van der Waals surface area (Å²) >= 11 is 0. The number of amides is 1. The van der Waals surface area contributed by atoms with Gasteiger partial charge in [0.25, 0.3) is 5.91 Å². The maximum Gasteiger partial charge on any atom is 0.257 e. The largest absolute Gasteiger partial charge is 0.339 e. The monoisotopic (exact) mass is 222 g/mol. The Labute approximate surface area is 95.2 Å². The molecule has 2 rings (SSSR count). The van der Waals surface area contributed by atoms with Crippen LogP contribution >= 0.6 is 0 Å². The van der Waals surface area contributed by atoms with Crippen LogP contribution in [-0.2, 0) is 0 Å². The number of nitrogens with one attached hydrogen (secondary N) is 2. The van der Waals surface area contributed by atoms with Crippen LogP contribution in [0, 0.1) is 5.92 Å². The topological polar surface area (TPSA) is 61.0 Å². The van der Waals surface area contributed by atoms with E-state index in [1.165, 1.54) is 0 Å². The Morgan fingerprint density at radius 2 is 2.38 bits per heavy atom.